The Morgan fingerprint density at radius 1 is 1.00 bits per heavy atom. The first-order chi connectivity index (χ1) is 11.7. The van der Waals surface area contributed by atoms with Crippen LogP contribution in [-0.4, -0.2) is 32.6 Å². The fourth-order valence-electron chi connectivity index (χ4n) is 2.06. The number of pyridine rings is 1. The van der Waals surface area contributed by atoms with Crippen molar-refractivity contribution in [2.24, 2.45) is 0 Å². The highest BCUT2D eigenvalue weighted by molar-refractivity contribution is 5.72. The van der Waals surface area contributed by atoms with E-state index in [1.54, 1.807) is 12.3 Å². The summed E-state index contributed by atoms with van der Waals surface area (Å²) in [5.74, 6) is -0.219. The Morgan fingerprint density at radius 2 is 1.79 bits per heavy atom. The molecule has 2 aromatic heterocycles. The maximum atomic E-state index is 10.8. The minimum Gasteiger partial charge on any atom is -0.480 e. The van der Waals surface area contributed by atoms with Crippen LogP contribution < -0.4 is 10.6 Å². The lowest BCUT2D eigenvalue weighted by atomic mass is 10.2. The molecule has 1 aromatic carbocycles. The van der Waals surface area contributed by atoms with Crippen molar-refractivity contribution in [1.82, 2.24) is 15.0 Å². The normalized spacial score (nSPS) is 10.2. The van der Waals surface area contributed by atoms with Crippen LogP contribution in [-0.2, 0) is 4.79 Å². The maximum Gasteiger partial charge on any atom is 0.322 e. The molecule has 0 aliphatic rings. The fraction of sp³-hybridized carbons (Fsp3) is 0.0588. The fourth-order valence-corrected chi connectivity index (χ4v) is 2.06. The number of hydrogen-bond donors (Lipinski definition) is 3. The van der Waals surface area contributed by atoms with E-state index in [2.05, 4.69) is 25.6 Å². The third-order valence-electron chi connectivity index (χ3n) is 3.10. The van der Waals surface area contributed by atoms with Gasteiger partial charge >= 0.3 is 5.97 Å². The van der Waals surface area contributed by atoms with Gasteiger partial charge in [0.05, 0.1) is 11.4 Å². The number of anilines is 3. The smallest absolute Gasteiger partial charge is 0.322 e. The summed E-state index contributed by atoms with van der Waals surface area (Å²) < 4.78 is 0. The zero-order chi connectivity index (χ0) is 16.8. The molecule has 2 heterocycles. The molecule has 0 aliphatic heterocycles. The molecule has 0 aliphatic carbocycles. The molecule has 3 rings (SSSR count). The Labute approximate surface area is 138 Å². The molecule has 3 aromatic rings. The monoisotopic (exact) mass is 321 g/mol. The van der Waals surface area contributed by atoms with Gasteiger partial charge < -0.3 is 15.7 Å². The van der Waals surface area contributed by atoms with Gasteiger partial charge in [0.1, 0.15) is 12.4 Å². The van der Waals surface area contributed by atoms with Gasteiger partial charge in [0.2, 0.25) is 5.95 Å². The lowest BCUT2D eigenvalue weighted by Crippen LogP contribution is -2.15. The topological polar surface area (TPSA) is 100 Å². The molecular weight excluding hydrogens is 306 g/mol. The Morgan fingerprint density at radius 3 is 2.50 bits per heavy atom. The van der Waals surface area contributed by atoms with E-state index in [9.17, 15) is 4.79 Å². The quantitative estimate of drug-likeness (QED) is 0.642. The number of aromatic nitrogens is 3. The van der Waals surface area contributed by atoms with Crippen LogP contribution in [0.3, 0.4) is 0 Å². The number of nitrogens with zero attached hydrogens (tertiary/aromatic N) is 3. The number of carbonyl (C=O) groups is 1. The Hall–Kier alpha value is -3.48. The number of rotatable bonds is 6. The number of hydrogen-bond acceptors (Lipinski definition) is 6. The van der Waals surface area contributed by atoms with Crippen molar-refractivity contribution in [3.05, 3.63) is 60.8 Å². The molecule has 24 heavy (non-hydrogen) atoms. The molecule has 120 valence electrons. The molecule has 0 radical (unpaired) electrons. The van der Waals surface area contributed by atoms with E-state index in [-0.39, 0.29) is 12.5 Å². The van der Waals surface area contributed by atoms with Crippen LogP contribution in [0.2, 0.25) is 0 Å². The van der Waals surface area contributed by atoms with Crippen molar-refractivity contribution in [3.63, 3.8) is 0 Å². The number of carboxylic acids is 1. The molecule has 0 atom stereocenters. The highest BCUT2D eigenvalue weighted by Crippen LogP contribution is 2.22. The Bertz CT molecular complexity index is 825. The van der Waals surface area contributed by atoms with E-state index < -0.39 is 5.97 Å². The van der Waals surface area contributed by atoms with Crippen LogP contribution in [0.25, 0.3) is 11.4 Å². The molecule has 0 bridgehead atoms. The zero-order valence-electron chi connectivity index (χ0n) is 12.7. The summed E-state index contributed by atoms with van der Waals surface area (Å²) in [6, 6.07) is 16.8. The molecule has 3 N–H and O–H groups in total. The van der Waals surface area contributed by atoms with Crippen molar-refractivity contribution in [3.8, 4) is 11.4 Å². The van der Waals surface area contributed by atoms with Gasteiger partial charge in [-0.25, -0.2) is 4.98 Å². The first-order valence-electron chi connectivity index (χ1n) is 7.29. The van der Waals surface area contributed by atoms with Crippen LogP contribution in [0.15, 0.2) is 60.8 Å². The number of para-hydroxylation sites is 1. The maximum absolute atomic E-state index is 10.8. The molecule has 7 nitrogen and oxygen atoms in total. The second kappa shape index (κ2) is 7.19. The van der Waals surface area contributed by atoms with Gasteiger partial charge in [-0.3, -0.25) is 9.78 Å². The molecular formula is C17H15N5O2. The predicted molar refractivity (Wildman–Crippen MR) is 91.1 cm³/mol. The second-order valence-electron chi connectivity index (χ2n) is 4.92. The van der Waals surface area contributed by atoms with Crippen LogP contribution in [0, 0.1) is 0 Å². The highest BCUT2D eigenvalue weighted by atomic mass is 16.4. The van der Waals surface area contributed by atoms with Gasteiger partial charge in [-0.1, -0.05) is 24.3 Å². The van der Waals surface area contributed by atoms with E-state index in [1.165, 1.54) is 0 Å². The van der Waals surface area contributed by atoms with Crippen LogP contribution in [0.5, 0.6) is 0 Å². The van der Waals surface area contributed by atoms with Gasteiger partial charge in [-0.2, -0.15) is 4.98 Å². The third kappa shape index (κ3) is 4.04. The van der Waals surface area contributed by atoms with Crippen molar-refractivity contribution < 1.29 is 9.90 Å². The van der Waals surface area contributed by atoms with Crippen molar-refractivity contribution in [1.29, 1.82) is 0 Å². The van der Waals surface area contributed by atoms with Gasteiger partial charge in [0, 0.05) is 18.0 Å². The SMILES string of the molecule is O=C(O)CNc1nc(Nc2ccccc2)cc(-c2ccccn2)n1. The van der Waals surface area contributed by atoms with Gasteiger partial charge in [0.25, 0.3) is 0 Å². The van der Waals surface area contributed by atoms with Gasteiger partial charge in [-0.05, 0) is 24.3 Å². The van der Waals surface area contributed by atoms with E-state index in [4.69, 9.17) is 5.11 Å². The summed E-state index contributed by atoms with van der Waals surface area (Å²) in [6.07, 6.45) is 1.67. The summed E-state index contributed by atoms with van der Waals surface area (Å²) in [4.78, 5) is 23.7. The molecule has 7 heteroatoms. The number of carboxylic acid groups (broad SMARTS) is 1. The van der Waals surface area contributed by atoms with E-state index in [0.717, 1.165) is 5.69 Å². The van der Waals surface area contributed by atoms with Crippen LogP contribution in [0.1, 0.15) is 0 Å². The van der Waals surface area contributed by atoms with Crippen LogP contribution >= 0.6 is 0 Å². The predicted octanol–water partition coefficient (Wildman–Crippen LogP) is 2.78. The highest BCUT2D eigenvalue weighted by Gasteiger charge is 2.09. The first-order valence-corrected chi connectivity index (χ1v) is 7.29. The summed E-state index contributed by atoms with van der Waals surface area (Å²) in [7, 11) is 0. The number of nitrogens with one attached hydrogen (secondary N) is 2. The van der Waals surface area contributed by atoms with Crippen LogP contribution in [0.4, 0.5) is 17.5 Å². The summed E-state index contributed by atoms with van der Waals surface area (Å²) in [5, 5.41) is 14.7. The summed E-state index contributed by atoms with van der Waals surface area (Å²) >= 11 is 0. The standard InChI is InChI=1S/C17H15N5O2/c23-16(24)11-19-17-21-14(13-8-4-5-9-18-13)10-15(22-17)20-12-6-2-1-3-7-12/h1-10H,11H2,(H,23,24)(H2,19,20,21,22). The lowest BCUT2D eigenvalue weighted by Gasteiger charge is -2.10. The number of aliphatic carboxylic acids is 1. The Balaban J connectivity index is 1.94. The molecule has 0 spiro atoms. The zero-order valence-corrected chi connectivity index (χ0v) is 12.7. The summed E-state index contributed by atoms with van der Waals surface area (Å²) in [5.41, 5.74) is 2.14. The largest absolute Gasteiger partial charge is 0.480 e. The van der Waals surface area contributed by atoms with Crippen molar-refractivity contribution in [2.75, 3.05) is 17.2 Å². The molecule has 0 fully saturated rings. The molecule has 0 saturated carbocycles. The van der Waals surface area contributed by atoms with Gasteiger partial charge in [-0.15, -0.1) is 0 Å². The van der Waals surface area contributed by atoms with E-state index in [0.29, 0.717) is 17.2 Å². The number of benzene rings is 1. The minimum atomic E-state index is -0.987. The summed E-state index contributed by atoms with van der Waals surface area (Å²) in [6.45, 7) is -0.267. The molecule has 0 saturated heterocycles. The average molecular weight is 321 g/mol. The van der Waals surface area contributed by atoms with Gasteiger partial charge in [0.15, 0.2) is 0 Å². The molecule has 0 unspecified atom stereocenters. The molecule has 0 amide bonds. The first kappa shape index (κ1) is 15.4. The lowest BCUT2D eigenvalue weighted by molar-refractivity contribution is -0.134. The van der Waals surface area contributed by atoms with E-state index in [1.807, 2.05) is 48.5 Å². The van der Waals surface area contributed by atoms with Crippen molar-refractivity contribution >= 4 is 23.4 Å². The average Bonchev–Trinajstić information content (AvgIpc) is 2.61. The van der Waals surface area contributed by atoms with E-state index >= 15 is 0 Å². The third-order valence-corrected chi connectivity index (χ3v) is 3.10. The Kier molecular flexibility index (Phi) is 4.62. The minimum absolute atomic E-state index is 0.221. The second-order valence-corrected chi connectivity index (χ2v) is 4.92. The van der Waals surface area contributed by atoms with Crippen molar-refractivity contribution in [2.45, 2.75) is 0 Å².